The Morgan fingerprint density at radius 1 is 0.946 bits per heavy atom. The molecule has 4 atom stereocenters. The Labute approximate surface area is 215 Å². The minimum Gasteiger partial charge on any atom is -0.480 e. The quantitative estimate of drug-likeness (QED) is 0.273. The number of aliphatic hydroxyl groups excluding tert-OH is 1. The van der Waals surface area contributed by atoms with Crippen molar-refractivity contribution in [2.45, 2.75) is 56.3 Å². The molecule has 2 aromatic rings. The lowest BCUT2D eigenvalue weighted by Gasteiger charge is -2.28. The molecule has 10 nitrogen and oxygen atoms in total. The van der Waals surface area contributed by atoms with Crippen LogP contribution in [0.1, 0.15) is 30.4 Å². The molecule has 1 heterocycles. The Bertz CT molecular complexity index is 1070. The molecule has 0 bridgehead atoms. The fraction of sp³-hybridized carbons (Fsp3) is 0.407. The van der Waals surface area contributed by atoms with Crippen molar-refractivity contribution in [2.75, 3.05) is 13.2 Å². The number of aliphatic carboxylic acids is 1. The number of rotatable bonds is 12. The maximum atomic E-state index is 13.4. The molecule has 37 heavy (non-hydrogen) atoms. The zero-order valence-corrected chi connectivity index (χ0v) is 20.6. The zero-order chi connectivity index (χ0) is 26.8. The van der Waals surface area contributed by atoms with E-state index in [-0.39, 0.29) is 12.8 Å². The summed E-state index contributed by atoms with van der Waals surface area (Å²) in [6.45, 7) is -0.229. The Balaban J connectivity index is 1.76. The second-order valence-electron chi connectivity index (χ2n) is 9.23. The van der Waals surface area contributed by atoms with Gasteiger partial charge in [0.25, 0.3) is 0 Å². The molecule has 10 heteroatoms. The first kappa shape index (κ1) is 27.8. The third-order valence-electron chi connectivity index (χ3n) is 6.37. The number of nitrogens with one attached hydrogen (secondary N) is 2. The summed E-state index contributed by atoms with van der Waals surface area (Å²) in [6, 6.07) is 14.8. The summed E-state index contributed by atoms with van der Waals surface area (Å²) >= 11 is 0. The third-order valence-corrected chi connectivity index (χ3v) is 6.37. The van der Waals surface area contributed by atoms with Crippen molar-refractivity contribution in [3.8, 4) is 0 Å². The summed E-state index contributed by atoms with van der Waals surface area (Å²) < 4.78 is 0. The molecule has 1 saturated heterocycles. The van der Waals surface area contributed by atoms with E-state index in [0.29, 0.717) is 25.8 Å². The van der Waals surface area contributed by atoms with Gasteiger partial charge in [-0.1, -0.05) is 60.7 Å². The maximum Gasteiger partial charge on any atom is 0.326 e. The van der Waals surface area contributed by atoms with Crippen molar-refractivity contribution in [3.05, 3.63) is 71.8 Å². The minimum atomic E-state index is -1.13. The number of nitrogens with zero attached hydrogens (tertiary/aromatic N) is 1. The van der Waals surface area contributed by atoms with Gasteiger partial charge in [-0.2, -0.15) is 0 Å². The molecular weight excluding hydrogens is 476 g/mol. The lowest BCUT2D eigenvalue weighted by atomic mass is 10.0. The van der Waals surface area contributed by atoms with E-state index in [9.17, 15) is 29.4 Å². The smallest absolute Gasteiger partial charge is 0.326 e. The van der Waals surface area contributed by atoms with E-state index in [4.69, 9.17) is 5.73 Å². The number of amides is 3. The van der Waals surface area contributed by atoms with Crippen molar-refractivity contribution in [3.63, 3.8) is 0 Å². The number of hydrogen-bond donors (Lipinski definition) is 5. The van der Waals surface area contributed by atoms with Crippen LogP contribution in [-0.2, 0) is 32.0 Å². The second-order valence-corrected chi connectivity index (χ2v) is 9.23. The molecule has 2 aromatic carbocycles. The Morgan fingerprint density at radius 3 is 2.11 bits per heavy atom. The van der Waals surface area contributed by atoms with Crippen LogP contribution in [-0.4, -0.2) is 76.1 Å². The van der Waals surface area contributed by atoms with Crippen LogP contribution in [0.15, 0.2) is 60.7 Å². The molecule has 0 aromatic heterocycles. The van der Waals surface area contributed by atoms with Gasteiger partial charge >= 0.3 is 5.97 Å². The molecule has 198 valence electrons. The Morgan fingerprint density at radius 2 is 1.54 bits per heavy atom. The van der Waals surface area contributed by atoms with E-state index in [1.165, 1.54) is 4.90 Å². The van der Waals surface area contributed by atoms with Gasteiger partial charge < -0.3 is 31.5 Å². The number of nitrogens with two attached hydrogens (primary N) is 1. The van der Waals surface area contributed by atoms with Crippen LogP contribution < -0.4 is 16.4 Å². The highest BCUT2D eigenvalue weighted by Gasteiger charge is 2.37. The molecule has 0 aliphatic carbocycles. The van der Waals surface area contributed by atoms with E-state index in [1.807, 2.05) is 60.7 Å². The maximum absolute atomic E-state index is 13.4. The zero-order valence-electron chi connectivity index (χ0n) is 20.6. The lowest BCUT2D eigenvalue weighted by Crippen LogP contribution is -2.54. The van der Waals surface area contributed by atoms with Crippen molar-refractivity contribution in [1.82, 2.24) is 15.5 Å². The summed E-state index contributed by atoms with van der Waals surface area (Å²) in [4.78, 5) is 51.9. The van der Waals surface area contributed by atoms with Crippen LogP contribution in [0, 0.1) is 0 Å². The predicted molar refractivity (Wildman–Crippen MR) is 136 cm³/mol. The van der Waals surface area contributed by atoms with Crippen LogP contribution in [0.25, 0.3) is 0 Å². The average Bonchev–Trinajstić information content (AvgIpc) is 3.39. The van der Waals surface area contributed by atoms with Gasteiger partial charge in [0.15, 0.2) is 0 Å². The minimum absolute atomic E-state index is 0.139. The molecular formula is C27H34N4O6. The fourth-order valence-corrected chi connectivity index (χ4v) is 4.48. The van der Waals surface area contributed by atoms with Crippen molar-refractivity contribution >= 4 is 23.7 Å². The van der Waals surface area contributed by atoms with Crippen molar-refractivity contribution in [2.24, 2.45) is 5.73 Å². The summed E-state index contributed by atoms with van der Waals surface area (Å²) in [6.07, 6.45) is 1.33. The SMILES string of the molecule is N[C@@H](CO)C(=O)N[C@H](CC(=O)N[C@@H](Cc1ccccc1)C(=O)N1CCC[C@H]1C(=O)O)Cc1ccccc1. The van der Waals surface area contributed by atoms with Gasteiger partial charge in [0.1, 0.15) is 18.1 Å². The largest absolute Gasteiger partial charge is 0.480 e. The highest BCUT2D eigenvalue weighted by Crippen LogP contribution is 2.20. The molecule has 0 saturated carbocycles. The number of carbonyl (C=O) groups excluding carboxylic acids is 3. The number of benzene rings is 2. The summed E-state index contributed by atoms with van der Waals surface area (Å²) in [5, 5.41) is 24.3. The number of hydrogen-bond acceptors (Lipinski definition) is 6. The summed E-state index contributed by atoms with van der Waals surface area (Å²) in [5.41, 5.74) is 7.34. The summed E-state index contributed by atoms with van der Waals surface area (Å²) in [5.74, 6) is -2.58. The van der Waals surface area contributed by atoms with Gasteiger partial charge in [-0.15, -0.1) is 0 Å². The van der Waals surface area contributed by atoms with E-state index in [1.54, 1.807) is 0 Å². The number of carbonyl (C=O) groups is 4. The molecule has 1 fully saturated rings. The summed E-state index contributed by atoms with van der Waals surface area (Å²) in [7, 11) is 0. The van der Waals surface area contributed by atoms with Gasteiger partial charge in [-0.25, -0.2) is 4.79 Å². The van der Waals surface area contributed by atoms with E-state index >= 15 is 0 Å². The number of carboxylic acids is 1. The predicted octanol–water partition coefficient (Wildman–Crippen LogP) is 0.227. The first-order valence-corrected chi connectivity index (χ1v) is 12.4. The Kier molecular flexibility index (Phi) is 10.2. The first-order valence-electron chi connectivity index (χ1n) is 12.4. The van der Waals surface area contributed by atoms with Crippen LogP contribution in [0.4, 0.5) is 0 Å². The lowest BCUT2D eigenvalue weighted by molar-refractivity contribution is -0.149. The van der Waals surface area contributed by atoms with Gasteiger partial charge in [-0.3, -0.25) is 14.4 Å². The standard InChI is InChI=1S/C27H34N4O6/c28-21(17-32)25(34)29-20(14-18-8-3-1-4-9-18)16-24(33)30-22(15-19-10-5-2-6-11-19)26(35)31-13-7-12-23(31)27(36)37/h1-6,8-11,20-23,32H,7,12-17,28H2,(H,29,34)(H,30,33)(H,36,37)/t20-,21-,22-,23-/m0/s1. The molecule has 1 aliphatic heterocycles. The normalized spacial score (nSPS) is 17.5. The van der Waals surface area contributed by atoms with Gasteiger partial charge in [0.2, 0.25) is 17.7 Å². The monoisotopic (exact) mass is 510 g/mol. The number of aliphatic hydroxyl groups is 1. The molecule has 3 rings (SSSR count). The van der Waals surface area contributed by atoms with Gasteiger partial charge in [0.05, 0.1) is 6.61 Å². The van der Waals surface area contributed by atoms with E-state index in [0.717, 1.165) is 11.1 Å². The first-order chi connectivity index (χ1) is 17.8. The van der Waals surface area contributed by atoms with Crippen molar-refractivity contribution < 1.29 is 29.4 Å². The molecule has 3 amide bonds. The highest BCUT2D eigenvalue weighted by molar-refractivity contribution is 5.91. The van der Waals surface area contributed by atoms with Crippen LogP contribution in [0.3, 0.4) is 0 Å². The second kappa shape index (κ2) is 13.5. The fourth-order valence-electron chi connectivity index (χ4n) is 4.48. The molecule has 1 aliphatic rings. The van der Waals surface area contributed by atoms with Gasteiger partial charge in [-0.05, 0) is 30.4 Å². The third kappa shape index (κ3) is 8.12. The van der Waals surface area contributed by atoms with Crippen molar-refractivity contribution in [1.29, 1.82) is 0 Å². The molecule has 0 radical (unpaired) electrons. The number of likely N-dealkylation sites (tertiary alicyclic amines) is 1. The highest BCUT2D eigenvalue weighted by atomic mass is 16.4. The van der Waals surface area contributed by atoms with E-state index in [2.05, 4.69) is 10.6 Å². The molecule has 6 N–H and O–H groups in total. The van der Waals surface area contributed by atoms with E-state index < -0.39 is 54.5 Å². The van der Waals surface area contributed by atoms with Crippen LogP contribution in [0.5, 0.6) is 0 Å². The average molecular weight is 511 g/mol. The van der Waals surface area contributed by atoms with Crippen LogP contribution >= 0.6 is 0 Å². The van der Waals surface area contributed by atoms with Gasteiger partial charge in [0, 0.05) is 25.4 Å². The molecule has 0 spiro atoms. The van der Waals surface area contributed by atoms with Crippen LogP contribution in [0.2, 0.25) is 0 Å². The Hall–Kier alpha value is -3.76. The topological polar surface area (TPSA) is 162 Å². The molecule has 0 unspecified atom stereocenters. The number of carboxylic acid groups (broad SMARTS) is 1.